The molecule has 3 nitrogen and oxygen atoms in total. The van der Waals surface area contributed by atoms with Crippen molar-refractivity contribution in [1.82, 2.24) is 4.31 Å². The molecule has 1 aromatic rings. The van der Waals surface area contributed by atoms with Gasteiger partial charge in [0.1, 0.15) is 0 Å². The summed E-state index contributed by atoms with van der Waals surface area (Å²) >= 11 is 0. The smallest absolute Gasteiger partial charge is 0.207 e. The van der Waals surface area contributed by atoms with Gasteiger partial charge < -0.3 is 0 Å². The molecule has 1 fully saturated rings. The molecular formula is C20H31NO2S. The Balaban J connectivity index is 2.19. The Kier molecular flexibility index (Phi) is 6.27. The Morgan fingerprint density at radius 1 is 1.21 bits per heavy atom. The average Bonchev–Trinajstić information content (AvgIpc) is 2.83. The van der Waals surface area contributed by atoms with E-state index in [4.69, 9.17) is 0 Å². The molecule has 1 heterocycles. The third-order valence-electron chi connectivity index (χ3n) is 4.68. The van der Waals surface area contributed by atoms with Crippen LogP contribution in [0.25, 0.3) is 0 Å². The molecular weight excluding hydrogens is 318 g/mol. The van der Waals surface area contributed by atoms with Crippen LogP contribution in [-0.2, 0) is 10.0 Å². The van der Waals surface area contributed by atoms with E-state index in [2.05, 4.69) is 32.9 Å². The maximum absolute atomic E-state index is 13.1. The van der Waals surface area contributed by atoms with Gasteiger partial charge in [-0.05, 0) is 43.7 Å². The molecule has 0 radical (unpaired) electrons. The molecule has 1 atom stereocenters. The zero-order valence-electron chi connectivity index (χ0n) is 15.5. The molecule has 0 saturated carbocycles. The third-order valence-corrected chi connectivity index (χ3v) is 6.56. The molecule has 1 aliphatic heterocycles. The van der Waals surface area contributed by atoms with Crippen molar-refractivity contribution in [3.8, 4) is 0 Å². The van der Waals surface area contributed by atoms with Crippen LogP contribution in [0.15, 0.2) is 41.3 Å². The predicted octanol–water partition coefficient (Wildman–Crippen LogP) is 4.92. The molecule has 0 amide bonds. The summed E-state index contributed by atoms with van der Waals surface area (Å²) in [6.07, 6.45) is 9.79. The molecule has 24 heavy (non-hydrogen) atoms. The van der Waals surface area contributed by atoms with E-state index in [0.29, 0.717) is 11.4 Å². The van der Waals surface area contributed by atoms with E-state index in [0.717, 1.165) is 18.4 Å². The van der Waals surface area contributed by atoms with Gasteiger partial charge in [-0.2, -0.15) is 4.31 Å². The number of sulfonamides is 1. The molecule has 0 bridgehead atoms. The number of hydrogen-bond donors (Lipinski definition) is 0. The predicted molar refractivity (Wildman–Crippen MR) is 101 cm³/mol. The van der Waals surface area contributed by atoms with E-state index < -0.39 is 10.0 Å². The highest BCUT2D eigenvalue weighted by Crippen LogP contribution is 2.38. The minimum absolute atomic E-state index is 0.0101. The average molecular weight is 350 g/mol. The van der Waals surface area contributed by atoms with Crippen molar-refractivity contribution >= 4 is 10.0 Å². The van der Waals surface area contributed by atoms with Crippen LogP contribution in [0.1, 0.15) is 58.4 Å². The van der Waals surface area contributed by atoms with Crippen molar-refractivity contribution in [2.24, 2.45) is 5.41 Å². The first kappa shape index (κ1) is 19.2. The van der Waals surface area contributed by atoms with Crippen LogP contribution in [0.3, 0.4) is 0 Å². The topological polar surface area (TPSA) is 37.4 Å². The van der Waals surface area contributed by atoms with E-state index in [1.165, 1.54) is 19.3 Å². The van der Waals surface area contributed by atoms with Crippen molar-refractivity contribution < 1.29 is 8.42 Å². The molecule has 1 aliphatic rings. The first-order valence-electron chi connectivity index (χ1n) is 9.01. The Hall–Kier alpha value is -1.13. The van der Waals surface area contributed by atoms with Crippen LogP contribution in [0.4, 0.5) is 0 Å². The largest absolute Gasteiger partial charge is 0.243 e. The van der Waals surface area contributed by atoms with E-state index >= 15 is 0 Å². The van der Waals surface area contributed by atoms with Gasteiger partial charge in [-0.3, -0.25) is 0 Å². The summed E-state index contributed by atoms with van der Waals surface area (Å²) in [5.74, 6) is 0. The number of unbranched alkanes of at least 4 members (excludes halogenated alkanes) is 3. The first-order chi connectivity index (χ1) is 11.3. The Bertz CT molecular complexity index is 659. The van der Waals surface area contributed by atoms with Gasteiger partial charge in [0, 0.05) is 12.6 Å². The summed E-state index contributed by atoms with van der Waals surface area (Å²) in [4.78, 5) is 0.398. The molecule has 1 unspecified atom stereocenters. The first-order valence-corrected chi connectivity index (χ1v) is 10.5. The van der Waals surface area contributed by atoms with Crippen LogP contribution >= 0.6 is 0 Å². The van der Waals surface area contributed by atoms with Gasteiger partial charge in [0.15, 0.2) is 0 Å². The monoisotopic (exact) mass is 349 g/mol. The van der Waals surface area contributed by atoms with Gasteiger partial charge in [-0.15, -0.1) is 0 Å². The highest BCUT2D eigenvalue weighted by molar-refractivity contribution is 7.89. The Morgan fingerprint density at radius 3 is 2.50 bits per heavy atom. The van der Waals surface area contributed by atoms with Crippen molar-refractivity contribution in [3.63, 3.8) is 0 Å². The molecule has 0 spiro atoms. The normalized spacial score (nSPS) is 21.6. The van der Waals surface area contributed by atoms with Gasteiger partial charge in [0.25, 0.3) is 0 Å². The van der Waals surface area contributed by atoms with Crippen molar-refractivity contribution in [2.75, 3.05) is 6.54 Å². The van der Waals surface area contributed by atoms with E-state index in [1.54, 1.807) is 16.4 Å². The molecule has 1 saturated heterocycles. The second kappa shape index (κ2) is 7.83. The lowest BCUT2D eigenvalue weighted by Gasteiger charge is -2.22. The highest BCUT2D eigenvalue weighted by atomic mass is 32.2. The Morgan fingerprint density at radius 2 is 1.88 bits per heavy atom. The summed E-state index contributed by atoms with van der Waals surface area (Å²) in [7, 11) is -3.44. The maximum Gasteiger partial charge on any atom is 0.243 e. The van der Waals surface area contributed by atoms with Crippen LogP contribution < -0.4 is 0 Å². The maximum atomic E-state index is 13.1. The summed E-state index contributed by atoms with van der Waals surface area (Å²) in [6.45, 7) is 9.04. The molecule has 0 N–H and O–H groups in total. The molecule has 2 rings (SSSR count). The summed E-state index contributed by atoms with van der Waals surface area (Å²) < 4.78 is 27.8. The van der Waals surface area contributed by atoms with Crippen molar-refractivity contribution in [1.29, 1.82) is 0 Å². The van der Waals surface area contributed by atoms with Gasteiger partial charge in [0.2, 0.25) is 10.0 Å². The van der Waals surface area contributed by atoms with E-state index in [9.17, 15) is 8.42 Å². The minimum Gasteiger partial charge on any atom is -0.207 e. The fourth-order valence-electron chi connectivity index (χ4n) is 3.31. The number of benzene rings is 1. The number of hydrogen-bond acceptors (Lipinski definition) is 2. The molecule has 0 aliphatic carbocycles. The van der Waals surface area contributed by atoms with Gasteiger partial charge in [0.05, 0.1) is 4.90 Å². The van der Waals surface area contributed by atoms with Crippen LogP contribution in [0.5, 0.6) is 0 Å². The zero-order chi connectivity index (χ0) is 17.8. The van der Waals surface area contributed by atoms with Crippen molar-refractivity contribution in [2.45, 2.75) is 70.7 Å². The zero-order valence-corrected chi connectivity index (χ0v) is 16.3. The second-order valence-corrected chi connectivity index (χ2v) is 9.61. The van der Waals surface area contributed by atoms with Crippen LogP contribution in [0, 0.1) is 12.3 Å². The quantitative estimate of drug-likeness (QED) is 0.517. The molecule has 0 aromatic heterocycles. The van der Waals surface area contributed by atoms with Gasteiger partial charge >= 0.3 is 0 Å². The lowest BCUT2D eigenvalue weighted by molar-refractivity contribution is 0.373. The molecule has 1 aromatic carbocycles. The molecule has 4 heteroatoms. The third kappa shape index (κ3) is 4.70. The number of rotatable bonds is 7. The number of aryl methyl sites for hydroxylation is 1. The summed E-state index contributed by atoms with van der Waals surface area (Å²) in [5, 5.41) is 0. The van der Waals surface area contributed by atoms with Crippen LogP contribution in [-0.4, -0.2) is 25.3 Å². The van der Waals surface area contributed by atoms with E-state index in [1.807, 2.05) is 19.1 Å². The SMILES string of the molecule is CCCCC/C=C/C1CC(C)(C)CN1S(=O)(=O)c1ccc(C)cc1. The van der Waals surface area contributed by atoms with Crippen molar-refractivity contribution in [3.05, 3.63) is 42.0 Å². The fraction of sp³-hybridized carbons (Fsp3) is 0.600. The lowest BCUT2D eigenvalue weighted by atomic mass is 9.90. The van der Waals surface area contributed by atoms with E-state index in [-0.39, 0.29) is 11.5 Å². The summed E-state index contributed by atoms with van der Waals surface area (Å²) in [6, 6.07) is 7.14. The Labute approximate surface area is 147 Å². The second-order valence-electron chi connectivity index (χ2n) is 7.72. The summed E-state index contributed by atoms with van der Waals surface area (Å²) in [5.41, 5.74) is 1.08. The highest BCUT2D eigenvalue weighted by Gasteiger charge is 2.42. The minimum atomic E-state index is -3.44. The standard InChI is InChI=1S/C20H31NO2S/c1-5-6-7-8-9-10-18-15-20(3,4)16-21(18)24(22,23)19-13-11-17(2)12-14-19/h9-14,18H,5-8,15-16H2,1-4H3/b10-9+. The number of allylic oxidation sites excluding steroid dienone is 1. The lowest BCUT2D eigenvalue weighted by Crippen LogP contribution is -2.35. The fourth-order valence-corrected chi connectivity index (χ4v) is 5.08. The number of nitrogens with zero attached hydrogens (tertiary/aromatic N) is 1. The van der Waals surface area contributed by atoms with Gasteiger partial charge in [-0.25, -0.2) is 8.42 Å². The van der Waals surface area contributed by atoms with Gasteiger partial charge in [-0.1, -0.05) is 63.5 Å². The van der Waals surface area contributed by atoms with Crippen LogP contribution in [0.2, 0.25) is 0 Å². The molecule has 134 valence electrons.